The highest BCUT2D eigenvalue weighted by Crippen LogP contribution is 2.26. The molecule has 0 radical (unpaired) electrons. The van der Waals surface area contributed by atoms with Crippen molar-refractivity contribution >= 4 is 11.6 Å². The Kier molecular flexibility index (Phi) is 4.09. The number of nitrogens with one attached hydrogen (secondary N) is 2. The van der Waals surface area contributed by atoms with Crippen molar-refractivity contribution in [1.29, 1.82) is 0 Å². The van der Waals surface area contributed by atoms with Gasteiger partial charge in [-0.3, -0.25) is 9.78 Å². The zero-order valence-corrected chi connectivity index (χ0v) is 13.0. The number of rotatable bonds is 3. The van der Waals surface area contributed by atoms with Crippen molar-refractivity contribution in [3.05, 3.63) is 58.9 Å². The molecule has 1 atom stereocenters. The predicted molar refractivity (Wildman–Crippen MR) is 88.1 cm³/mol. The van der Waals surface area contributed by atoms with Crippen molar-refractivity contribution in [1.82, 2.24) is 10.3 Å². The lowest BCUT2D eigenvalue weighted by atomic mass is 9.98. The van der Waals surface area contributed by atoms with E-state index in [2.05, 4.69) is 21.7 Å². The monoisotopic (exact) mass is 295 g/mol. The number of carbonyl (C=O) groups is 1. The molecule has 1 aromatic carbocycles. The fourth-order valence-corrected chi connectivity index (χ4v) is 2.99. The fraction of sp³-hybridized carbons (Fsp3) is 0.333. The van der Waals surface area contributed by atoms with Crippen molar-refractivity contribution in [2.24, 2.45) is 0 Å². The van der Waals surface area contributed by atoms with E-state index in [1.165, 1.54) is 5.56 Å². The van der Waals surface area contributed by atoms with Gasteiger partial charge in [-0.15, -0.1) is 0 Å². The molecule has 2 aromatic rings. The minimum atomic E-state index is -0.117. The van der Waals surface area contributed by atoms with Gasteiger partial charge in [0.1, 0.15) is 0 Å². The third-order valence-corrected chi connectivity index (χ3v) is 4.13. The summed E-state index contributed by atoms with van der Waals surface area (Å²) in [5, 5.41) is 6.42. The highest BCUT2D eigenvalue weighted by molar-refractivity contribution is 6.00. The molecule has 0 bridgehead atoms. The van der Waals surface area contributed by atoms with Gasteiger partial charge in [0.25, 0.3) is 5.91 Å². The minimum Gasteiger partial charge on any atom is -0.384 e. The van der Waals surface area contributed by atoms with E-state index >= 15 is 0 Å². The van der Waals surface area contributed by atoms with Crippen molar-refractivity contribution in [3.63, 3.8) is 0 Å². The Morgan fingerprint density at radius 3 is 3.00 bits per heavy atom. The second kappa shape index (κ2) is 6.18. The van der Waals surface area contributed by atoms with Gasteiger partial charge in [0, 0.05) is 12.7 Å². The lowest BCUT2D eigenvalue weighted by Crippen LogP contribution is -2.29. The molecule has 1 unspecified atom stereocenters. The summed E-state index contributed by atoms with van der Waals surface area (Å²) in [6, 6.07) is 9.72. The Labute approximate surface area is 131 Å². The maximum atomic E-state index is 12.6. The van der Waals surface area contributed by atoms with Crippen molar-refractivity contribution < 1.29 is 4.79 Å². The Morgan fingerprint density at radius 2 is 2.18 bits per heavy atom. The predicted octanol–water partition coefficient (Wildman–Crippen LogP) is 3.24. The average Bonchev–Trinajstić information content (AvgIpc) is 2.54. The number of anilines is 1. The Balaban J connectivity index is 1.82. The first-order chi connectivity index (χ1) is 10.7. The van der Waals surface area contributed by atoms with Crippen LogP contribution in [0.3, 0.4) is 0 Å². The van der Waals surface area contributed by atoms with E-state index in [9.17, 15) is 4.79 Å². The summed E-state index contributed by atoms with van der Waals surface area (Å²) in [5.41, 5.74) is 4.92. The molecule has 4 heteroatoms. The summed E-state index contributed by atoms with van der Waals surface area (Å²) in [7, 11) is 0. The number of hydrogen-bond donors (Lipinski definition) is 2. The number of carbonyl (C=O) groups excluding carboxylic acids is 1. The topological polar surface area (TPSA) is 54.0 Å². The van der Waals surface area contributed by atoms with Crippen LogP contribution in [0.5, 0.6) is 0 Å². The summed E-state index contributed by atoms with van der Waals surface area (Å²) in [4.78, 5) is 17.0. The van der Waals surface area contributed by atoms with E-state index in [0.29, 0.717) is 0 Å². The Morgan fingerprint density at radius 1 is 1.32 bits per heavy atom. The van der Waals surface area contributed by atoms with Gasteiger partial charge in [-0.1, -0.05) is 18.2 Å². The van der Waals surface area contributed by atoms with E-state index in [1.807, 2.05) is 38.1 Å². The summed E-state index contributed by atoms with van der Waals surface area (Å²) < 4.78 is 0. The fourth-order valence-electron chi connectivity index (χ4n) is 2.99. The first-order valence-corrected chi connectivity index (χ1v) is 7.75. The zero-order valence-electron chi connectivity index (χ0n) is 13.0. The number of para-hydroxylation sites is 1. The largest absolute Gasteiger partial charge is 0.384 e. The first kappa shape index (κ1) is 14.6. The maximum Gasteiger partial charge on any atom is 0.253 e. The second-order valence-corrected chi connectivity index (χ2v) is 5.77. The van der Waals surface area contributed by atoms with Gasteiger partial charge < -0.3 is 10.6 Å². The number of pyridine rings is 1. The van der Waals surface area contributed by atoms with E-state index in [1.54, 1.807) is 6.20 Å². The quantitative estimate of drug-likeness (QED) is 0.914. The van der Waals surface area contributed by atoms with Crippen LogP contribution in [0.2, 0.25) is 0 Å². The van der Waals surface area contributed by atoms with E-state index < -0.39 is 0 Å². The number of benzene rings is 1. The second-order valence-electron chi connectivity index (χ2n) is 5.77. The van der Waals surface area contributed by atoms with Crippen LogP contribution in [0.4, 0.5) is 5.69 Å². The third-order valence-electron chi connectivity index (χ3n) is 4.13. The van der Waals surface area contributed by atoms with Crippen LogP contribution in [0.1, 0.15) is 46.6 Å². The number of hydrogen-bond acceptors (Lipinski definition) is 3. The van der Waals surface area contributed by atoms with Crippen LogP contribution in [0.15, 0.2) is 36.5 Å². The molecule has 1 aliphatic heterocycles. The van der Waals surface area contributed by atoms with E-state index in [0.717, 1.165) is 41.9 Å². The van der Waals surface area contributed by atoms with Crippen LogP contribution >= 0.6 is 0 Å². The maximum absolute atomic E-state index is 12.6. The van der Waals surface area contributed by atoms with Crippen molar-refractivity contribution in [3.8, 4) is 0 Å². The number of aryl methyl sites for hydroxylation is 2. The lowest BCUT2D eigenvalue weighted by Gasteiger charge is -2.22. The van der Waals surface area contributed by atoms with Crippen LogP contribution in [0.25, 0.3) is 0 Å². The zero-order chi connectivity index (χ0) is 15.5. The summed E-state index contributed by atoms with van der Waals surface area (Å²) in [6.07, 6.45) is 3.90. The number of fused-ring (bicyclic) bond motifs is 1. The lowest BCUT2D eigenvalue weighted by molar-refractivity contribution is 0.0939. The molecule has 1 aliphatic rings. The standard InChI is InChI=1S/C18H21N3O/c1-12-6-4-10-19-16(12)13(2)21-18(22)15-9-3-7-14-8-5-11-20-17(14)15/h3-4,6-7,9-10,13,20H,5,8,11H2,1-2H3,(H,21,22). The molecular formula is C18H21N3O. The van der Waals surface area contributed by atoms with Gasteiger partial charge in [0.2, 0.25) is 0 Å². The van der Waals surface area contributed by atoms with Gasteiger partial charge in [0.05, 0.1) is 23.0 Å². The van der Waals surface area contributed by atoms with Crippen molar-refractivity contribution in [2.45, 2.75) is 32.7 Å². The minimum absolute atomic E-state index is 0.0520. The van der Waals surface area contributed by atoms with Crippen molar-refractivity contribution in [2.75, 3.05) is 11.9 Å². The summed E-state index contributed by atoms with van der Waals surface area (Å²) in [6.45, 7) is 4.90. The Hall–Kier alpha value is -2.36. The molecule has 4 nitrogen and oxygen atoms in total. The molecule has 1 amide bonds. The van der Waals surface area contributed by atoms with E-state index in [4.69, 9.17) is 0 Å². The molecule has 114 valence electrons. The molecule has 0 aliphatic carbocycles. The summed E-state index contributed by atoms with van der Waals surface area (Å²) in [5.74, 6) is -0.0520. The summed E-state index contributed by atoms with van der Waals surface area (Å²) >= 11 is 0. The van der Waals surface area contributed by atoms with E-state index in [-0.39, 0.29) is 11.9 Å². The number of nitrogens with zero attached hydrogens (tertiary/aromatic N) is 1. The highest BCUT2D eigenvalue weighted by Gasteiger charge is 2.19. The smallest absolute Gasteiger partial charge is 0.253 e. The SMILES string of the molecule is Cc1cccnc1C(C)NC(=O)c1cccc2c1NCCC2. The molecule has 0 fully saturated rings. The average molecular weight is 295 g/mol. The molecule has 3 rings (SSSR count). The van der Waals surface area contributed by atoms with Crippen LogP contribution < -0.4 is 10.6 Å². The third kappa shape index (κ3) is 2.82. The molecule has 22 heavy (non-hydrogen) atoms. The molecule has 0 saturated carbocycles. The molecule has 2 N–H and O–H groups in total. The van der Waals surface area contributed by atoms with Gasteiger partial charge in [-0.2, -0.15) is 0 Å². The molecule has 1 aromatic heterocycles. The Bertz CT molecular complexity index is 696. The molecule has 0 spiro atoms. The van der Waals surface area contributed by atoms with Gasteiger partial charge in [-0.05, 0) is 49.9 Å². The van der Waals surface area contributed by atoms with Gasteiger partial charge >= 0.3 is 0 Å². The number of aromatic nitrogens is 1. The molecular weight excluding hydrogens is 274 g/mol. The van der Waals surface area contributed by atoms with Gasteiger partial charge in [-0.25, -0.2) is 0 Å². The number of amides is 1. The first-order valence-electron chi connectivity index (χ1n) is 7.75. The molecule has 0 saturated heterocycles. The molecule has 2 heterocycles. The normalized spacial score (nSPS) is 14.6. The van der Waals surface area contributed by atoms with Crippen LogP contribution in [-0.2, 0) is 6.42 Å². The van der Waals surface area contributed by atoms with Crippen LogP contribution in [-0.4, -0.2) is 17.4 Å². The van der Waals surface area contributed by atoms with Crippen LogP contribution in [0, 0.1) is 6.92 Å². The van der Waals surface area contributed by atoms with Gasteiger partial charge in [0.15, 0.2) is 0 Å². The highest BCUT2D eigenvalue weighted by atomic mass is 16.1.